The summed E-state index contributed by atoms with van der Waals surface area (Å²) in [5.74, 6) is -1.66. The highest BCUT2D eigenvalue weighted by atomic mass is 16.2. The van der Waals surface area contributed by atoms with Gasteiger partial charge in [-0.25, -0.2) is 0 Å². The number of carbonyl (C=O) groups is 3. The van der Waals surface area contributed by atoms with Crippen LogP contribution in [0.5, 0.6) is 0 Å². The smallest absolute Gasteiger partial charge is 0.248 e. The number of ketones is 1. The lowest BCUT2D eigenvalue weighted by Gasteiger charge is -2.36. The van der Waals surface area contributed by atoms with Gasteiger partial charge in [-0.05, 0) is 61.8 Å². The number of nitrogens with one attached hydrogen (secondary N) is 1. The maximum atomic E-state index is 13.6. The molecule has 28 heavy (non-hydrogen) atoms. The first-order valence-corrected chi connectivity index (χ1v) is 9.62. The van der Waals surface area contributed by atoms with Gasteiger partial charge >= 0.3 is 0 Å². The predicted octanol–water partition coefficient (Wildman–Crippen LogP) is 2.93. The highest BCUT2D eigenvalue weighted by Crippen LogP contribution is 2.43. The normalized spacial score (nSPS) is 22.0. The minimum Gasteiger partial charge on any atom is -0.366 e. The van der Waals surface area contributed by atoms with E-state index in [1.165, 1.54) is 18.2 Å². The Kier molecular flexibility index (Phi) is 5.37. The number of amides is 2. The van der Waals surface area contributed by atoms with Crippen LogP contribution in [0, 0.1) is 35.0 Å². The van der Waals surface area contributed by atoms with E-state index in [1.54, 1.807) is 0 Å². The number of allylic oxidation sites excluding steroid dienone is 2. The van der Waals surface area contributed by atoms with Gasteiger partial charge in [0.2, 0.25) is 11.8 Å². The molecule has 1 aromatic carbocycles. The fourth-order valence-corrected chi connectivity index (χ4v) is 4.03. The number of nitrogens with zero attached hydrogens (tertiary/aromatic N) is 1. The molecule has 2 aliphatic rings. The SMILES string of the molecule is CC1=C(CC2CC2)C(C(=O)c2cc(C#N)cc(C(N)=O)c2)C(C(C)C)C(=O)N1. The van der Waals surface area contributed by atoms with Gasteiger partial charge in [0.15, 0.2) is 5.78 Å². The van der Waals surface area contributed by atoms with E-state index in [0.717, 1.165) is 30.5 Å². The summed E-state index contributed by atoms with van der Waals surface area (Å²) in [7, 11) is 0. The molecule has 1 saturated carbocycles. The van der Waals surface area contributed by atoms with Crippen LogP contribution in [-0.4, -0.2) is 17.6 Å². The first kappa shape index (κ1) is 19.8. The Morgan fingerprint density at radius 1 is 1.25 bits per heavy atom. The highest BCUT2D eigenvalue weighted by Gasteiger charge is 2.44. The molecule has 1 aliphatic heterocycles. The molecule has 1 heterocycles. The monoisotopic (exact) mass is 379 g/mol. The maximum Gasteiger partial charge on any atom is 0.248 e. The average molecular weight is 379 g/mol. The predicted molar refractivity (Wildman–Crippen MR) is 104 cm³/mol. The van der Waals surface area contributed by atoms with Crippen molar-refractivity contribution in [3.05, 3.63) is 46.2 Å². The van der Waals surface area contributed by atoms with Crippen LogP contribution < -0.4 is 11.1 Å². The fraction of sp³-hybridized carbons (Fsp3) is 0.455. The van der Waals surface area contributed by atoms with Gasteiger partial charge in [-0.15, -0.1) is 0 Å². The molecule has 6 nitrogen and oxygen atoms in total. The zero-order valence-corrected chi connectivity index (χ0v) is 16.4. The Labute approximate surface area is 164 Å². The van der Waals surface area contributed by atoms with Crippen LogP contribution in [0.25, 0.3) is 0 Å². The van der Waals surface area contributed by atoms with Gasteiger partial charge in [0.1, 0.15) is 0 Å². The van der Waals surface area contributed by atoms with E-state index in [9.17, 15) is 19.6 Å². The van der Waals surface area contributed by atoms with Crippen molar-refractivity contribution in [3.63, 3.8) is 0 Å². The number of nitrogens with two attached hydrogens (primary N) is 1. The van der Waals surface area contributed by atoms with Gasteiger partial charge in [0, 0.05) is 16.8 Å². The fourth-order valence-electron chi connectivity index (χ4n) is 4.03. The number of nitriles is 1. The summed E-state index contributed by atoms with van der Waals surface area (Å²) in [5, 5.41) is 12.2. The largest absolute Gasteiger partial charge is 0.366 e. The molecule has 1 aromatic rings. The zero-order chi connectivity index (χ0) is 20.6. The Morgan fingerprint density at radius 3 is 2.43 bits per heavy atom. The minimum absolute atomic E-state index is 0.0361. The molecule has 3 rings (SSSR count). The van der Waals surface area contributed by atoms with E-state index >= 15 is 0 Å². The molecule has 146 valence electrons. The van der Waals surface area contributed by atoms with Crippen LogP contribution in [0.2, 0.25) is 0 Å². The van der Waals surface area contributed by atoms with Crippen molar-refractivity contribution in [2.45, 2.75) is 40.0 Å². The molecule has 0 saturated heterocycles. The third-order valence-corrected chi connectivity index (χ3v) is 5.67. The van der Waals surface area contributed by atoms with Crippen LogP contribution in [0.4, 0.5) is 0 Å². The van der Waals surface area contributed by atoms with E-state index in [2.05, 4.69) is 5.32 Å². The second-order valence-corrected chi connectivity index (χ2v) is 8.17. The zero-order valence-electron chi connectivity index (χ0n) is 16.4. The molecule has 0 aromatic heterocycles. The first-order chi connectivity index (χ1) is 13.2. The molecule has 2 amide bonds. The number of Topliss-reactive ketones (excluding diaryl/α,β-unsaturated/α-hetero) is 1. The molecule has 0 spiro atoms. The second-order valence-electron chi connectivity index (χ2n) is 8.17. The first-order valence-electron chi connectivity index (χ1n) is 9.62. The van der Waals surface area contributed by atoms with Gasteiger partial charge in [-0.1, -0.05) is 13.8 Å². The van der Waals surface area contributed by atoms with Crippen LogP contribution in [-0.2, 0) is 4.79 Å². The average Bonchev–Trinajstić information content (AvgIpc) is 3.46. The lowest BCUT2D eigenvalue weighted by atomic mass is 9.70. The maximum absolute atomic E-state index is 13.6. The van der Waals surface area contributed by atoms with Crippen molar-refractivity contribution in [2.75, 3.05) is 0 Å². The van der Waals surface area contributed by atoms with Crippen molar-refractivity contribution >= 4 is 17.6 Å². The lowest BCUT2D eigenvalue weighted by molar-refractivity contribution is -0.127. The lowest BCUT2D eigenvalue weighted by Crippen LogP contribution is -2.46. The third-order valence-electron chi connectivity index (χ3n) is 5.67. The molecule has 6 heteroatoms. The molecule has 1 fully saturated rings. The molecular weight excluding hydrogens is 354 g/mol. The van der Waals surface area contributed by atoms with Crippen molar-refractivity contribution in [1.82, 2.24) is 5.32 Å². The summed E-state index contributed by atoms with van der Waals surface area (Å²) < 4.78 is 0. The van der Waals surface area contributed by atoms with Crippen LogP contribution >= 0.6 is 0 Å². The second kappa shape index (κ2) is 7.59. The molecular formula is C22H25N3O3. The van der Waals surface area contributed by atoms with Crippen LogP contribution in [0.15, 0.2) is 29.5 Å². The summed E-state index contributed by atoms with van der Waals surface area (Å²) in [6, 6.07) is 6.25. The number of primary amides is 1. The number of hydrogen-bond acceptors (Lipinski definition) is 4. The molecule has 2 unspecified atom stereocenters. The van der Waals surface area contributed by atoms with E-state index in [4.69, 9.17) is 5.73 Å². The Hall–Kier alpha value is -2.94. The summed E-state index contributed by atoms with van der Waals surface area (Å²) in [6.07, 6.45) is 3.05. The van der Waals surface area contributed by atoms with Crippen molar-refractivity contribution in [1.29, 1.82) is 5.26 Å². The number of hydrogen-bond donors (Lipinski definition) is 2. The van der Waals surface area contributed by atoms with E-state index < -0.39 is 17.7 Å². The van der Waals surface area contributed by atoms with Crippen molar-refractivity contribution < 1.29 is 14.4 Å². The Balaban J connectivity index is 2.10. The molecule has 1 aliphatic carbocycles. The van der Waals surface area contributed by atoms with Gasteiger partial charge in [0.05, 0.1) is 23.5 Å². The number of carbonyl (C=O) groups excluding carboxylic acids is 3. The third kappa shape index (κ3) is 3.84. The summed E-state index contributed by atoms with van der Waals surface area (Å²) in [5.41, 5.74) is 7.66. The summed E-state index contributed by atoms with van der Waals surface area (Å²) in [6.45, 7) is 5.70. The molecule has 3 N–H and O–H groups in total. The van der Waals surface area contributed by atoms with Gasteiger partial charge in [0.25, 0.3) is 0 Å². The molecule has 2 atom stereocenters. The molecule has 0 bridgehead atoms. The Morgan fingerprint density at radius 2 is 1.89 bits per heavy atom. The standard InChI is InChI=1S/C22H25N3O3/c1-11(2)18-19(17(8-13-4-5-13)12(3)25-22(18)28)20(26)15-6-14(10-23)7-16(9-15)21(24)27/h6-7,9,11,13,18-19H,4-5,8H2,1-3H3,(H2,24,27)(H,25,28). The summed E-state index contributed by atoms with van der Waals surface area (Å²) in [4.78, 5) is 37.9. The Bertz CT molecular complexity index is 919. The topological polar surface area (TPSA) is 113 Å². The van der Waals surface area contributed by atoms with Gasteiger partial charge < -0.3 is 11.1 Å². The van der Waals surface area contributed by atoms with Crippen LogP contribution in [0.1, 0.15) is 66.3 Å². The van der Waals surface area contributed by atoms with E-state index in [0.29, 0.717) is 5.92 Å². The van der Waals surface area contributed by atoms with Crippen molar-refractivity contribution in [3.8, 4) is 6.07 Å². The number of benzene rings is 1. The van der Waals surface area contributed by atoms with Gasteiger partial charge in [-0.3, -0.25) is 14.4 Å². The van der Waals surface area contributed by atoms with E-state index in [-0.39, 0.29) is 34.3 Å². The number of rotatable bonds is 6. The highest BCUT2D eigenvalue weighted by molar-refractivity contribution is 6.05. The summed E-state index contributed by atoms with van der Waals surface area (Å²) >= 11 is 0. The van der Waals surface area contributed by atoms with Gasteiger partial charge in [-0.2, -0.15) is 5.26 Å². The molecule has 0 radical (unpaired) electrons. The quantitative estimate of drug-likeness (QED) is 0.740. The van der Waals surface area contributed by atoms with Crippen molar-refractivity contribution in [2.24, 2.45) is 29.4 Å². The van der Waals surface area contributed by atoms with Crippen LogP contribution in [0.3, 0.4) is 0 Å². The van der Waals surface area contributed by atoms with E-state index in [1.807, 2.05) is 26.8 Å². The minimum atomic E-state index is -0.696.